The maximum absolute atomic E-state index is 12.3. The number of hydrogen-bond acceptors (Lipinski definition) is 2. The molecule has 26 heavy (non-hydrogen) atoms. The Hall–Kier alpha value is -2.43. The van der Waals surface area contributed by atoms with Crippen molar-refractivity contribution in [3.8, 4) is 5.75 Å². The van der Waals surface area contributed by atoms with Gasteiger partial charge in [0.2, 0.25) is 0 Å². The van der Waals surface area contributed by atoms with E-state index in [4.69, 9.17) is 0 Å². The Labute approximate surface area is 163 Å². The molecular weight excluding hydrogens is 377 g/mol. The molecule has 0 heterocycles. The summed E-state index contributed by atoms with van der Waals surface area (Å²) in [6, 6.07) is 14.5. The van der Waals surface area contributed by atoms with Gasteiger partial charge in [0.15, 0.2) is 0 Å². The standard InChI is InChI=1S/C15H13BF2O2.C5H5.Fe/c1-11-6-9-15(20-16(17)18)13(10-11)14(19)8-7-12-4-2-3-5-12;1-2-4-5-3-1;/h2-10,19H,1H3;1-5H;/q;-1;+2/p-1. The molecule has 0 fully saturated rings. The number of rotatable bonds is 4. The summed E-state index contributed by atoms with van der Waals surface area (Å²) in [6.45, 7) is 1.78. The molecule has 2 nitrogen and oxygen atoms in total. The number of halogens is 2. The fourth-order valence-corrected chi connectivity index (χ4v) is 2.12. The molecule has 0 aromatic heterocycles. The van der Waals surface area contributed by atoms with Crippen molar-refractivity contribution in [2.45, 2.75) is 6.92 Å². The molecule has 0 saturated heterocycles. The maximum atomic E-state index is 12.3. The van der Waals surface area contributed by atoms with Crippen LogP contribution in [0.4, 0.5) is 8.63 Å². The first-order chi connectivity index (χ1) is 12.1. The van der Waals surface area contributed by atoms with Gasteiger partial charge in [-0.05, 0) is 24.6 Å². The molecule has 6 heteroatoms. The van der Waals surface area contributed by atoms with E-state index >= 15 is 0 Å². The molecule has 0 unspecified atom stereocenters. The van der Waals surface area contributed by atoms with Crippen LogP contribution in [0, 0.1) is 6.92 Å². The summed E-state index contributed by atoms with van der Waals surface area (Å²) in [5, 5.41) is 12.1. The van der Waals surface area contributed by atoms with E-state index in [-0.39, 0.29) is 34.1 Å². The smallest absolute Gasteiger partial charge is 0.872 e. The van der Waals surface area contributed by atoms with Crippen LogP contribution in [0.15, 0.2) is 90.6 Å². The Morgan fingerprint density at radius 1 is 1.15 bits per heavy atom. The molecule has 0 atom stereocenters. The number of benzene rings is 1. The minimum absolute atomic E-state index is 0. The molecule has 0 bridgehead atoms. The average Bonchev–Trinajstić information content (AvgIpc) is 3.30. The predicted octanol–water partition coefficient (Wildman–Crippen LogP) is 4.45. The second-order valence-electron chi connectivity index (χ2n) is 5.26. The fourth-order valence-electron chi connectivity index (χ4n) is 2.12. The van der Waals surface area contributed by atoms with Gasteiger partial charge in [-0.1, -0.05) is 53.8 Å². The van der Waals surface area contributed by atoms with Gasteiger partial charge in [-0.3, -0.25) is 0 Å². The first-order valence-corrected chi connectivity index (χ1v) is 7.72. The Balaban J connectivity index is 0.000000486. The van der Waals surface area contributed by atoms with E-state index in [0.29, 0.717) is 0 Å². The Morgan fingerprint density at radius 2 is 1.81 bits per heavy atom. The number of hydrogen-bond donors (Lipinski definition) is 0. The van der Waals surface area contributed by atoms with Crippen LogP contribution >= 0.6 is 0 Å². The van der Waals surface area contributed by atoms with Gasteiger partial charge in [0.1, 0.15) is 5.75 Å². The van der Waals surface area contributed by atoms with Gasteiger partial charge in [0.05, 0.1) is 0 Å². The third-order valence-electron chi connectivity index (χ3n) is 3.29. The van der Waals surface area contributed by atoms with Crippen LogP contribution in [-0.4, -0.2) is 7.47 Å². The van der Waals surface area contributed by atoms with E-state index < -0.39 is 7.47 Å². The molecule has 3 rings (SSSR count). The first-order valence-electron chi connectivity index (χ1n) is 7.72. The van der Waals surface area contributed by atoms with E-state index in [1.54, 1.807) is 19.1 Å². The summed E-state index contributed by atoms with van der Waals surface area (Å²) < 4.78 is 29.0. The Kier molecular flexibility index (Phi) is 9.35. The zero-order valence-electron chi connectivity index (χ0n) is 14.1. The van der Waals surface area contributed by atoms with Crippen molar-refractivity contribution < 1.29 is 35.5 Å². The van der Waals surface area contributed by atoms with Gasteiger partial charge in [-0.15, -0.1) is 0 Å². The van der Waals surface area contributed by atoms with Crippen molar-refractivity contribution in [3.05, 3.63) is 102 Å². The summed E-state index contributed by atoms with van der Waals surface area (Å²) >= 11 is 0. The van der Waals surface area contributed by atoms with Crippen LogP contribution in [0.3, 0.4) is 0 Å². The van der Waals surface area contributed by atoms with Crippen LogP contribution in [0.2, 0.25) is 0 Å². The molecule has 0 spiro atoms. The topological polar surface area (TPSA) is 32.3 Å². The van der Waals surface area contributed by atoms with Gasteiger partial charge in [-0.25, -0.2) is 20.8 Å². The zero-order chi connectivity index (χ0) is 18.1. The SMILES string of the molecule is Cc1ccc(OB(F)F)c(C([O-])=CC=C2C=CC=C2)c1.[Fe+2].c1cc[cH-]c1. The third-order valence-corrected chi connectivity index (χ3v) is 3.29. The van der Waals surface area contributed by atoms with Crippen LogP contribution in [0.25, 0.3) is 5.76 Å². The fraction of sp³-hybridized carbons (Fsp3) is 0.0500. The van der Waals surface area contributed by atoms with Gasteiger partial charge in [0, 0.05) is 5.56 Å². The van der Waals surface area contributed by atoms with Gasteiger partial charge in [0.25, 0.3) is 0 Å². The van der Waals surface area contributed by atoms with E-state index in [1.807, 2.05) is 54.6 Å². The molecule has 0 aliphatic heterocycles. The first kappa shape index (κ1) is 21.6. The second-order valence-corrected chi connectivity index (χ2v) is 5.26. The van der Waals surface area contributed by atoms with Gasteiger partial charge >= 0.3 is 24.5 Å². The molecule has 0 N–H and O–H groups in total. The number of allylic oxidation sites excluding steroid dienone is 7. The molecule has 1 aliphatic rings. The summed E-state index contributed by atoms with van der Waals surface area (Å²) in [6.07, 6.45) is 10.4. The van der Waals surface area contributed by atoms with Crippen molar-refractivity contribution in [1.29, 1.82) is 0 Å². The zero-order valence-corrected chi connectivity index (χ0v) is 15.2. The van der Waals surface area contributed by atoms with E-state index in [9.17, 15) is 13.7 Å². The van der Waals surface area contributed by atoms with Gasteiger partial charge in [-0.2, -0.15) is 18.2 Å². The van der Waals surface area contributed by atoms with Gasteiger partial charge < -0.3 is 9.76 Å². The monoisotopic (exact) mass is 394 g/mol. The Bertz CT molecular complexity index is 763. The van der Waals surface area contributed by atoms with Crippen LogP contribution in [-0.2, 0) is 17.1 Å². The number of aryl methyl sites for hydroxylation is 1. The quantitative estimate of drug-likeness (QED) is 0.436. The summed E-state index contributed by atoms with van der Waals surface area (Å²) in [7, 11) is -2.96. The summed E-state index contributed by atoms with van der Waals surface area (Å²) in [4.78, 5) is 0. The minimum atomic E-state index is -2.96. The molecular formula is C20H17BF2FeO2. The molecule has 2 aromatic carbocycles. The van der Waals surface area contributed by atoms with Crippen LogP contribution in [0.5, 0.6) is 5.75 Å². The normalized spacial score (nSPS) is 12.1. The minimum Gasteiger partial charge on any atom is -0.872 e. The second kappa shape index (κ2) is 11.2. The van der Waals surface area contributed by atoms with Crippen molar-refractivity contribution in [3.63, 3.8) is 0 Å². The summed E-state index contributed by atoms with van der Waals surface area (Å²) in [5.41, 5.74) is 1.81. The average molecular weight is 394 g/mol. The molecule has 1 aliphatic carbocycles. The summed E-state index contributed by atoms with van der Waals surface area (Å²) in [5.74, 6) is -0.478. The van der Waals surface area contributed by atoms with Crippen LogP contribution < -0.4 is 9.76 Å². The largest absolute Gasteiger partial charge is 2.00 e. The van der Waals surface area contributed by atoms with Crippen molar-refractivity contribution >= 4 is 13.2 Å². The molecule has 0 saturated carbocycles. The third kappa shape index (κ3) is 7.22. The Morgan fingerprint density at radius 3 is 2.35 bits per heavy atom. The van der Waals surface area contributed by atoms with Crippen molar-refractivity contribution in [2.75, 3.05) is 0 Å². The van der Waals surface area contributed by atoms with E-state index in [1.165, 1.54) is 18.2 Å². The maximum Gasteiger partial charge on any atom is 2.00 e. The van der Waals surface area contributed by atoms with Crippen LogP contribution in [0.1, 0.15) is 11.1 Å². The molecule has 0 amide bonds. The van der Waals surface area contributed by atoms with E-state index in [2.05, 4.69) is 4.65 Å². The predicted molar refractivity (Wildman–Crippen MR) is 96.2 cm³/mol. The van der Waals surface area contributed by atoms with E-state index in [0.717, 1.165) is 11.1 Å². The van der Waals surface area contributed by atoms with Crippen molar-refractivity contribution in [1.82, 2.24) is 0 Å². The molecule has 134 valence electrons. The van der Waals surface area contributed by atoms with Crippen molar-refractivity contribution in [2.24, 2.45) is 0 Å². The molecule has 2 aromatic rings. The molecule has 0 radical (unpaired) electrons.